The number of carbonyl (C=O) groups is 2. The molecule has 4 nitrogen and oxygen atoms in total. The standard InChI is InChI=1S/C18H21F2NO3/c1-12(13-2-4-14(5-3-13)16(19)20)21-11-10-18(24-17(21)23)8-6-15(22)7-9-18/h2-5,12,16H,6-11H2,1H3. The number of carbonyl (C=O) groups excluding carboxylic acids is 2. The molecule has 24 heavy (non-hydrogen) atoms. The van der Waals surface area contributed by atoms with Crippen LogP contribution in [0.25, 0.3) is 0 Å². The highest BCUT2D eigenvalue weighted by Crippen LogP contribution is 2.38. The van der Waals surface area contributed by atoms with Gasteiger partial charge in [-0.1, -0.05) is 24.3 Å². The zero-order valence-corrected chi connectivity index (χ0v) is 13.6. The Morgan fingerprint density at radius 1 is 1.04 bits per heavy atom. The number of rotatable bonds is 3. The smallest absolute Gasteiger partial charge is 0.410 e. The second-order valence-corrected chi connectivity index (χ2v) is 6.68. The topological polar surface area (TPSA) is 46.6 Å². The van der Waals surface area contributed by atoms with Gasteiger partial charge in [0.1, 0.15) is 11.4 Å². The van der Waals surface area contributed by atoms with E-state index in [2.05, 4.69) is 0 Å². The molecule has 1 aliphatic carbocycles. The van der Waals surface area contributed by atoms with E-state index in [0.717, 1.165) is 5.56 Å². The Morgan fingerprint density at radius 2 is 1.62 bits per heavy atom. The van der Waals surface area contributed by atoms with E-state index in [9.17, 15) is 18.4 Å². The van der Waals surface area contributed by atoms with E-state index in [1.165, 1.54) is 12.1 Å². The van der Waals surface area contributed by atoms with Gasteiger partial charge in [-0.15, -0.1) is 0 Å². The minimum atomic E-state index is -2.50. The SMILES string of the molecule is CC(c1ccc(C(F)F)cc1)N1CCC2(CCC(=O)CC2)OC1=O. The summed E-state index contributed by atoms with van der Waals surface area (Å²) in [6.07, 6.45) is -0.0446. The predicted molar refractivity (Wildman–Crippen MR) is 83.8 cm³/mol. The van der Waals surface area contributed by atoms with Crippen LogP contribution in [0.5, 0.6) is 0 Å². The van der Waals surface area contributed by atoms with Crippen molar-refractivity contribution < 1.29 is 23.1 Å². The lowest BCUT2D eigenvalue weighted by atomic mass is 9.80. The molecule has 1 atom stereocenters. The normalized spacial score (nSPS) is 21.9. The molecule has 0 radical (unpaired) electrons. The maximum atomic E-state index is 12.6. The second kappa shape index (κ2) is 6.49. The highest BCUT2D eigenvalue weighted by atomic mass is 19.3. The van der Waals surface area contributed by atoms with E-state index in [1.807, 2.05) is 6.92 Å². The van der Waals surface area contributed by atoms with E-state index in [4.69, 9.17) is 4.74 Å². The van der Waals surface area contributed by atoms with Crippen LogP contribution in [0.1, 0.15) is 62.6 Å². The van der Waals surface area contributed by atoms with Crippen LogP contribution in [0.4, 0.5) is 13.6 Å². The first-order chi connectivity index (χ1) is 11.4. The third-order valence-electron chi connectivity index (χ3n) is 5.20. The first-order valence-electron chi connectivity index (χ1n) is 8.29. The van der Waals surface area contributed by atoms with Gasteiger partial charge in [0, 0.05) is 31.4 Å². The van der Waals surface area contributed by atoms with Gasteiger partial charge in [-0.05, 0) is 25.3 Å². The van der Waals surface area contributed by atoms with Gasteiger partial charge in [0.15, 0.2) is 0 Å². The third-order valence-corrected chi connectivity index (χ3v) is 5.20. The molecule has 1 amide bonds. The number of nitrogens with zero attached hydrogens (tertiary/aromatic N) is 1. The van der Waals surface area contributed by atoms with Gasteiger partial charge in [0.05, 0.1) is 6.04 Å². The van der Waals surface area contributed by atoms with Crippen molar-refractivity contribution in [1.29, 1.82) is 0 Å². The Balaban J connectivity index is 1.67. The number of halogens is 2. The summed E-state index contributed by atoms with van der Waals surface area (Å²) in [6.45, 7) is 2.41. The zero-order valence-electron chi connectivity index (χ0n) is 13.6. The van der Waals surface area contributed by atoms with Crippen LogP contribution in [0, 0.1) is 0 Å². The lowest BCUT2D eigenvalue weighted by molar-refractivity contribution is -0.129. The van der Waals surface area contributed by atoms with Crippen molar-refractivity contribution in [3.63, 3.8) is 0 Å². The molecule has 130 valence electrons. The van der Waals surface area contributed by atoms with Crippen LogP contribution >= 0.6 is 0 Å². The number of hydrogen-bond acceptors (Lipinski definition) is 3. The first kappa shape index (κ1) is 16.9. The lowest BCUT2D eigenvalue weighted by Gasteiger charge is -2.44. The number of ketones is 1. The van der Waals surface area contributed by atoms with E-state index in [1.54, 1.807) is 17.0 Å². The van der Waals surface area contributed by atoms with Gasteiger partial charge in [0.25, 0.3) is 6.43 Å². The summed E-state index contributed by atoms with van der Waals surface area (Å²) in [7, 11) is 0. The molecule has 6 heteroatoms. The monoisotopic (exact) mass is 337 g/mol. The molecule has 2 aliphatic rings. The summed E-state index contributed by atoms with van der Waals surface area (Å²) < 4.78 is 31.0. The molecular weight excluding hydrogens is 316 g/mol. The molecule has 0 bridgehead atoms. The van der Waals surface area contributed by atoms with Crippen LogP contribution in [-0.4, -0.2) is 28.9 Å². The Morgan fingerprint density at radius 3 is 2.17 bits per heavy atom. The van der Waals surface area contributed by atoms with E-state index < -0.39 is 12.0 Å². The molecule has 1 unspecified atom stereocenters. The van der Waals surface area contributed by atoms with Crippen LogP contribution in [0.2, 0.25) is 0 Å². The van der Waals surface area contributed by atoms with Crippen LogP contribution in [0.15, 0.2) is 24.3 Å². The highest BCUT2D eigenvalue weighted by molar-refractivity contribution is 5.80. The maximum Gasteiger partial charge on any atom is 0.410 e. The largest absolute Gasteiger partial charge is 0.443 e. The minimum Gasteiger partial charge on any atom is -0.443 e. The van der Waals surface area contributed by atoms with Gasteiger partial charge < -0.3 is 9.64 Å². The van der Waals surface area contributed by atoms with Crippen LogP contribution < -0.4 is 0 Å². The van der Waals surface area contributed by atoms with Crippen LogP contribution in [-0.2, 0) is 9.53 Å². The summed E-state index contributed by atoms with van der Waals surface area (Å²) in [6, 6.07) is 5.79. The van der Waals surface area contributed by atoms with Crippen molar-refractivity contribution in [2.24, 2.45) is 0 Å². The van der Waals surface area contributed by atoms with Gasteiger partial charge >= 0.3 is 6.09 Å². The van der Waals surface area contributed by atoms with Gasteiger partial charge in [-0.3, -0.25) is 4.79 Å². The van der Waals surface area contributed by atoms with Crippen molar-refractivity contribution in [1.82, 2.24) is 4.90 Å². The molecule has 3 rings (SSSR count). The molecule has 0 aromatic heterocycles. The van der Waals surface area contributed by atoms with Crippen LogP contribution in [0.3, 0.4) is 0 Å². The molecule has 1 saturated heterocycles. The van der Waals surface area contributed by atoms with Gasteiger partial charge in [-0.2, -0.15) is 0 Å². The fourth-order valence-corrected chi connectivity index (χ4v) is 3.50. The summed E-state index contributed by atoms with van der Waals surface area (Å²) in [5.74, 6) is 0.228. The fourth-order valence-electron chi connectivity index (χ4n) is 3.50. The van der Waals surface area contributed by atoms with Crippen molar-refractivity contribution in [3.05, 3.63) is 35.4 Å². The third kappa shape index (κ3) is 3.28. The second-order valence-electron chi connectivity index (χ2n) is 6.68. The molecule has 1 spiro atoms. The summed E-state index contributed by atoms with van der Waals surface area (Å²) in [5.41, 5.74) is 0.268. The molecule has 1 saturated carbocycles. The summed E-state index contributed by atoms with van der Waals surface area (Å²) in [4.78, 5) is 25.5. The number of benzene rings is 1. The zero-order chi connectivity index (χ0) is 17.3. The molecule has 2 fully saturated rings. The number of amides is 1. The molecule has 1 aromatic carbocycles. The van der Waals surface area contributed by atoms with Crippen molar-refractivity contribution in [3.8, 4) is 0 Å². The van der Waals surface area contributed by atoms with Crippen molar-refractivity contribution in [2.75, 3.05) is 6.54 Å². The molecule has 1 heterocycles. The Bertz CT molecular complexity index is 620. The molecule has 1 aromatic rings. The number of ether oxygens (including phenoxy) is 1. The van der Waals surface area contributed by atoms with E-state index >= 15 is 0 Å². The van der Waals surface area contributed by atoms with E-state index in [-0.39, 0.29) is 23.5 Å². The molecular formula is C18H21F2NO3. The Labute approximate surface area is 139 Å². The van der Waals surface area contributed by atoms with Crippen molar-refractivity contribution in [2.45, 2.75) is 57.1 Å². The first-order valence-corrected chi connectivity index (χ1v) is 8.29. The van der Waals surface area contributed by atoms with Crippen molar-refractivity contribution >= 4 is 11.9 Å². The number of Topliss-reactive ketones (excluding diaryl/α,β-unsaturated/α-hetero) is 1. The maximum absolute atomic E-state index is 12.6. The van der Waals surface area contributed by atoms with Gasteiger partial charge in [-0.25, -0.2) is 13.6 Å². The van der Waals surface area contributed by atoms with Gasteiger partial charge in [0.2, 0.25) is 0 Å². The fraction of sp³-hybridized carbons (Fsp3) is 0.556. The summed E-state index contributed by atoms with van der Waals surface area (Å²) >= 11 is 0. The minimum absolute atomic E-state index is 0.0296. The number of hydrogen-bond donors (Lipinski definition) is 0. The predicted octanol–water partition coefficient (Wildman–Crippen LogP) is 4.41. The van der Waals surface area contributed by atoms with E-state index in [0.29, 0.717) is 38.6 Å². The number of alkyl halides is 2. The Hall–Kier alpha value is -1.98. The lowest BCUT2D eigenvalue weighted by Crippen LogP contribution is -2.51. The highest BCUT2D eigenvalue weighted by Gasteiger charge is 2.44. The average Bonchev–Trinajstić information content (AvgIpc) is 2.57. The molecule has 0 N–H and O–H groups in total. The summed E-state index contributed by atoms with van der Waals surface area (Å²) in [5, 5.41) is 0. The molecule has 1 aliphatic heterocycles. The Kier molecular flexibility index (Phi) is 4.56. The quantitative estimate of drug-likeness (QED) is 0.821. The average molecular weight is 337 g/mol.